The number of thioether (sulfide) groups is 1. The summed E-state index contributed by atoms with van der Waals surface area (Å²) in [6.45, 7) is 5.60. The highest BCUT2D eigenvalue weighted by Gasteiger charge is 2.43. The van der Waals surface area contributed by atoms with Gasteiger partial charge in [-0.25, -0.2) is 4.79 Å². The van der Waals surface area contributed by atoms with Crippen molar-refractivity contribution in [2.45, 2.75) is 39.7 Å². The number of rotatable bonds is 10. The number of nitrogens with one attached hydrogen (secondary N) is 2. The lowest BCUT2D eigenvalue weighted by Gasteiger charge is -2.35. The van der Waals surface area contributed by atoms with E-state index in [1.54, 1.807) is 26.8 Å². The molecule has 0 aromatic rings. The second-order valence-electron chi connectivity index (χ2n) is 6.78. The van der Waals surface area contributed by atoms with Crippen molar-refractivity contribution >= 4 is 40.6 Å². The Labute approximate surface area is 168 Å². The Morgan fingerprint density at radius 1 is 1.21 bits per heavy atom. The van der Waals surface area contributed by atoms with Crippen molar-refractivity contribution in [3.63, 3.8) is 0 Å². The molecule has 0 aromatic carbocycles. The van der Waals surface area contributed by atoms with E-state index in [9.17, 15) is 24.0 Å². The molecule has 0 aliphatic carbocycles. The summed E-state index contributed by atoms with van der Waals surface area (Å²) < 4.78 is 9.70. The molecule has 0 saturated carbocycles. The van der Waals surface area contributed by atoms with Crippen LogP contribution in [0.25, 0.3) is 0 Å². The summed E-state index contributed by atoms with van der Waals surface area (Å²) in [7, 11) is 0. The molecule has 0 radical (unpaired) electrons. The van der Waals surface area contributed by atoms with E-state index in [1.807, 2.05) is 0 Å². The Bertz CT molecular complexity index is 646. The van der Waals surface area contributed by atoms with Crippen LogP contribution in [-0.4, -0.2) is 60.4 Å². The molecule has 1 saturated heterocycles. The van der Waals surface area contributed by atoms with Crippen molar-refractivity contribution in [3.8, 4) is 0 Å². The summed E-state index contributed by atoms with van der Waals surface area (Å²) in [5.74, 6) is -0.673. The Balaban J connectivity index is 2.19. The van der Waals surface area contributed by atoms with Crippen LogP contribution in [0.4, 0.5) is 4.79 Å². The molecule has 156 valence electrons. The second kappa shape index (κ2) is 11.5. The average molecular weight is 414 g/mol. The molecule has 9 nitrogen and oxygen atoms in total. The van der Waals surface area contributed by atoms with E-state index in [0.717, 1.165) is 11.8 Å². The molecule has 28 heavy (non-hydrogen) atoms. The van der Waals surface area contributed by atoms with Gasteiger partial charge in [0, 0.05) is 30.7 Å². The predicted octanol–water partition coefficient (Wildman–Crippen LogP) is 0.966. The number of amides is 2. The molecule has 1 fully saturated rings. The van der Waals surface area contributed by atoms with E-state index in [2.05, 4.69) is 10.6 Å². The molecule has 1 rings (SSSR count). The normalized spacial score (nSPS) is 18.1. The van der Waals surface area contributed by atoms with E-state index in [-0.39, 0.29) is 49.3 Å². The second-order valence-corrected chi connectivity index (χ2v) is 7.93. The van der Waals surface area contributed by atoms with Gasteiger partial charge in [0.1, 0.15) is 6.61 Å². The highest BCUT2D eigenvalue weighted by Crippen LogP contribution is 2.28. The van der Waals surface area contributed by atoms with Crippen LogP contribution < -0.4 is 10.6 Å². The fourth-order valence-electron chi connectivity index (χ4n) is 2.29. The molecule has 2 N–H and O–H groups in total. The molecule has 1 heterocycles. The zero-order valence-corrected chi connectivity index (χ0v) is 17.1. The number of hydrogen-bond donors (Lipinski definition) is 2. The van der Waals surface area contributed by atoms with Crippen molar-refractivity contribution in [1.82, 2.24) is 10.6 Å². The summed E-state index contributed by atoms with van der Waals surface area (Å²) in [5, 5.41) is 4.94. The fourth-order valence-corrected chi connectivity index (χ4v) is 2.97. The Kier molecular flexibility index (Phi) is 9.70. The number of carbonyl (C=O) groups excluding carboxylic acids is 5. The maximum absolute atomic E-state index is 12.2. The van der Waals surface area contributed by atoms with Gasteiger partial charge in [-0.05, 0) is 13.0 Å². The summed E-state index contributed by atoms with van der Waals surface area (Å²) >= 11 is 0.982. The molecule has 10 heteroatoms. The largest absolute Gasteiger partial charge is 0.509 e. The van der Waals surface area contributed by atoms with Crippen molar-refractivity contribution in [2.24, 2.45) is 5.41 Å². The van der Waals surface area contributed by atoms with Gasteiger partial charge >= 0.3 is 6.16 Å². The van der Waals surface area contributed by atoms with Crippen LogP contribution in [0.2, 0.25) is 0 Å². The van der Waals surface area contributed by atoms with Gasteiger partial charge in [-0.2, -0.15) is 0 Å². The van der Waals surface area contributed by atoms with Gasteiger partial charge < -0.3 is 20.1 Å². The van der Waals surface area contributed by atoms with Crippen molar-refractivity contribution in [1.29, 1.82) is 0 Å². The molecular weight excluding hydrogens is 388 g/mol. The molecular formula is C18H26N2O7S. The van der Waals surface area contributed by atoms with Gasteiger partial charge in [0.15, 0.2) is 17.0 Å². The third kappa shape index (κ3) is 8.55. The Hall–Kier alpha value is -2.36. The fraction of sp³-hybridized carbons (Fsp3) is 0.611. The van der Waals surface area contributed by atoms with E-state index < -0.39 is 23.6 Å². The van der Waals surface area contributed by atoms with E-state index >= 15 is 0 Å². The molecule has 1 atom stereocenters. The smallest absolute Gasteiger partial charge is 0.434 e. The molecule has 2 amide bonds. The minimum absolute atomic E-state index is 0.0434. The first-order valence-corrected chi connectivity index (χ1v) is 9.83. The highest BCUT2D eigenvalue weighted by molar-refractivity contribution is 8.13. The van der Waals surface area contributed by atoms with E-state index in [1.165, 1.54) is 6.08 Å². The van der Waals surface area contributed by atoms with Crippen LogP contribution >= 0.6 is 11.8 Å². The number of ketones is 1. The van der Waals surface area contributed by atoms with Crippen LogP contribution in [0, 0.1) is 5.41 Å². The first-order chi connectivity index (χ1) is 13.2. The Morgan fingerprint density at radius 2 is 1.93 bits per heavy atom. The van der Waals surface area contributed by atoms with Crippen LogP contribution in [0.5, 0.6) is 0 Å². The van der Waals surface area contributed by atoms with Crippen molar-refractivity contribution in [3.05, 3.63) is 12.2 Å². The minimum Gasteiger partial charge on any atom is -0.434 e. The van der Waals surface area contributed by atoms with Gasteiger partial charge in [-0.15, -0.1) is 0 Å². The quantitative estimate of drug-likeness (QED) is 0.234. The van der Waals surface area contributed by atoms with Crippen LogP contribution in [0.15, 0.2) is 12.2 Å². The lowest BCUT2D eigenvalue weighted by atomic mass is 9.86. The molecule has 1 aliphatic heterocycles. The van der Waals surface area contributed by atoms with Gasteiger partial charge in [0.25, 0.3) is 5.91 Å². The van der Waals surface area contributed by atoms with Crippen molar-refractivity contribution in [2.75, 3.05) is 25.4 Å². The maximum Gasteiger partial charge on any atom is 0.509 e. The van der Waals surface area contributed by atoms with E-state index in [4.69, 9.17) is 9.47 Å². The molecule has 0 spiro atoms. The van der Waals surface area contributed by atoms with Gasteiger partial charge in [-0.3, -0.25) is 19.2 Å². The predicted molar refractivity (Wildman–Crippen MR) is 103 cm³/mol. The summed E-state index contributed by atoms with van der Waals surface area (Å²) in [6, 6.07) is 0. The molecule has 0 unspecified atom stereocenters. The lowest BCUT2D eigenvalue weighted by molar-refractivity contribution is -0.149. The average Bonchev–Trinajstić information content (AvgIpc) is 2.61. The summed E-state index contributed by atoms with van der Waals surface area (Å²) in [4.78, 5) is 58.0. The zero-order valence-electron chi connectivity index (χ0n) is 16.2. The van der Waals surface area contributed by atoms with Crippen LogP contribution in [0.1, 0.15) is 33.6 Å². The monoisotopic (exact) mass is 414 g/mol. The third-order valence-corrected chi connectivity index (χ3v) is 4.61. The third-order valence-electron chi connectivity index (χ3n) is 3.73. The Morgan fingerprint density at radius 3 is 2.61 bits per heavy atom. The van der Waals surface area contributed by atoms with E-state index in [0.29, 0.717) is 5.75 Å². The topological polar surface area (TPSA) is 128 Å². The lowest BCUT2D eigenvalue weighted by Crippen LogP contribution is -2.52. The van der Waals surface area contributed by atoms with Gasteiger partial charge in [0.2, 0.25) is 5.91 Å². The first kappa shape index (κ1) is 23.7. The van der Waals surface area contributed by atoms with Crippen molar-refractivity contribution < 1.29 is 33.4 Å². The number of allylic oxidation sites excluding steroid dienone is 2. The summed E-state index contributed by atoms with van der Waals surface area (Å²) in [6.07, 6.45) is 0.925. The molecule has 1 aliphatic rings. The minimum atomic E-state index is -0.982. The maximum atomic E-state index is 12.2. The number of carbonyl (C=O) groups is 5. The highest BCUT2D eigenvalue weighted by atomic mass is 32.2. The number of ether oxygens (including phenoxy) is 2. The standard InChI is InChI=1S/C18H26N2O7S/c1-4-5-12(21)10-14(23)28-9-8-19-13(22)6-7-20-16(24)15-18(2,3)11-26-17(25)27-15/h4-5,15H,6-11H2,1-3H3,(H,19,22)(H,20,24)/b5-4+/t15-/m0/s1. The molecule has 0 bridgehead atoms. The van der Waals surface area contributed by atoms with Crippen LogP contribution in [0.3, 0.4) is 0 Å². The molecule has 0 aromatic heterocycles. The number of hydrogen-bond acceptors (Lipinski definition) is 8. The number of cyclic esters (lactones) is 2. The summed E-state index contributed by atoms with van der Waals surface area (Å²) in [5.41, 5.74) is -0.668. The zero-order chi connectivity index (χ0) is 21.2. The van der Waals surface area contributed by atoms with Gasteiger partial charge in [-0.1, -0.05) is 31.7 Å². The SMILES string of the molecule is C/C=C/C(=O)CC(=O)SCCNC(=O)CCNC(=O)[C@@H]1OC(=O)OCC1(C)C. The van der Waals surface area contributed by atoms with Gasteiger partial charge in [0.05, 0.1) is 6.42 Å². The first-order valence-electron chi connectivity index (χ1n) is 8.84. The van der Waals surface area contributed by atoms with Crippen LogP contribution in [-0.2, 0) is 28.7 Å².